The molecular formula is C12H11F3N2O3. The largest absolute Gasteiger partial charge is 0.466 e. The lowest BCUT2D eigenvalue weighted by Gasteiger charge is -2.07. The normalized spacial score (nSPS) is 11.4. The zero-order chi connectivity index (χ0) is 15.2. The number of hydrogen-bond acceptors (Lipinski definition) is 4. The molecule has 0 aromatic carbocycles. The summed E-state index contributed by atoms with van der Waals surface area (Å²) >= 11 is 0. The number of aromatic nitrogens is 1. The Morgan fingerprint density at radius 2 is 2.10 bits per heavy atom. The van der Waals surface area contributed by atoms with Crippen LogP contribution in [0.15, 0.2) is 30.4 Å². The smallest absolute Gasteiger partial charge is 0.433 e. The first-order valence-electron chi connectivity index (χ1n) is 5.41. The van der Waals surface area contributed by atoms with Crippen LogP contribution in [0.1, 0.15) is 16.2 Å². The van der Waals surface area contributed by atoms with Crippen molar-refractivity contribution in [3.05, 3.63) is 41.7 Å². The predicted octanol–water partition coefficient (Wildman–Crippen LogP) is 1.56. The molecule has 5 nitrogen and oxygen atoms in total. The van der Waals surface area contributed by atoms with Crippen molar-refractivity contribution in [2.75, 3.05) is 13.7 Å². The Hall–Kier alpha value is -2.38. The van der Waals surface area contributed by atoms with Crippen molar-refractivity contribution in [1.82, 2.24) is 10.3 Å². The molecule has 1 rings (SSSR count). The minimum absolute atomic E-state index is 0.0359. The van der Waals surface area contributed by atoms with Crippen LogP contribution in [-0.4, -0.2) is 30.5 Å². The van der Waals surface area contributed by atoms with Crippen molar-refractivity contribution < 1.29 is 27.5 Å². The van der Waals surface area contributed by atoms with Gasteiger partial charge in [-0.1, -0.05) is 12.1 Å². The molecule has 0 aliphatic rings. The van der Waals surface area contributed by atoms with Crippen molar-refractivity contribution in [2.24, 2.45) is 0 Å². The second-order valence-electron chi connectivity index (χ2n) is 3.54. The number of halogens is 3. The number of carbonyl (C=O) groups excluding carboxylic acids is 2. The highest BCUT2D eigenvalue weighted by molar-refractivity contribution is 5.92. The second-order valence-corrected chi connectivity index (χ2v) is 3.54. The summed E-state index contributed by atoms with van der Waals surface area (Å²) in [5.41, 5.74) is -1.50. The molecule has 0 aliphatic carbocycles. The average Bonchev–Trinajstić information content (AvgIpc) is 2.42. The number of methoxy groups -OCH3 is 1. The third-order valence-corrected chi connectivity index (χ3v) is 2.11. The number of nitrogens with zero attached hydrogens (tertiary/aromatic N) is 1. The number of ether oxygens (including phenoxy) is 1. The lowest BCUT2D eigenvalue weighted by Crippen LogP contribution is -2.25. The van der Waals surface area contributed by atoms with E-state index in [-0.39, 0.29) is 12.2 Å². The van der Waals surface area contributed by atoms with Crippen LogP contribution in [0.25, 0.3) is 0 Å². The molecule has 0 spiro atoms. The Morgan fingerprint density at radius 3 is 2.70 bits per heavy atom. The number of amides is 1. The molecule has 0 atom stereocenters. The predicted molar refractivity (Wildman–Crippen MR) is 62.7 cm³/mol. The molecule has 108 valence electrons. The Kier molecular flexibility index (Phi) is 5.24. The van der Waals surface area contributed by atoms with Crippen molar-refractivity contribution in [2.45, 2.75) is 6.18 Å². The number of esters is 1. The van der Waals surface area contributed by atoms with E-state index in [1.54, 1.807) is 0 Å². The van der Waals surface area contributed by atoms with E-state index in [2.05, 4.69) is 15.0 Å². The van der Waals surface area contributed by atoms with E-state index in [1.165, 1.54) is 13.2 Å². The molecule has 0 saturated heterocycles. The van der Waals surface area contributed by atoms with Crippen molar-refractivity contribution >= 4 is 11.9 Å². The van der Waals surface area contributed by atoms with E-state index in [1.807, 2.05) is 0 Å². The van der Waals surface area contributed by atoms with Crippen LogP contribution < -0.4 is 5.32 Å². The Labute approximate surface area is 112 Å². The fourth-order valence-electron chi connectivity index (χ4n) is 1.18. The van der Waals surface area contributed by atoms with Gasteiger partial charge in [-0.05, 0) is 12.1 Å². The van der Waals surface area contributed by atoms with Crippen molar-refractivity contribution in [3.63, 3.8) is 0 Å². The van der Waals surface area contributed by atoms with Gasteiger partial charge in [-0.3, -0.25) is 4.79 Å². The van der Waals surface area contributed by atoms with E-state index in [0.29, 0.717) is 0 Å². The Bertz CT molecular complexity index is 527. The van der Waals surface area contributed by atoms with E-state index in [0.717, 1.165) is 24.3 Å². The number of alkyl halides is 3. The standard InChI is InChI=1S/C12H11F3N2O3/c1-20-10(18)6-3-7-16-11(19)8-4-2-5-9(17-8)12(13,14)15/h2-6H,7H2,1H3,(H,16,19)/b6-3+. The number of carbonyl (C=O) groups is 2. The maximum absolute atomic E-state index is 12.4. The van der Waals surface area contributed by atoms with Crippen molar-refractivity contribution in [1.29, 1.82) is 0 Å². The van der Waals surface area contributed by atoms with E-state index >= 15 is 0 Å². The van der Waals surface area contributed by atoms with Gasteiger partial charge in [-0.15, -0.1) is 0 Å². The molecule has 20 heavy (non-hydrogen) atoms. The van der Waals surface area contributed by atoms with E-state index in [4.69, 9.17) is 0 Å². The van der Waals surface area contributed by atoms with E-state index < -0.39 is 23.7 Å². The summed E-state index contributed by atoms with van der Waals surface area (Å²) in [6, 6.07) is 3.03. The van der Waals surface area contributed by atoms with Crippen LogP contribution in [0.2, 0.25) is 0 Å². The molecule has 1 amide bonds. The summed E-state index contributed by atoms with van der Waals surface area (Å²) in [7, 11) is 1.19. The van der Waals surface area contributed by atoms with Gasteiger partial charge in [-0.2, -0.15) is 13.2 Å². The highest BCUT2D eigenvalue weighted by Crippen LogP contribution is 2.27. The van der Waals surface area contributed by atoms with Gasteiger partial charge in [0.2, 0.25) is 0 Å². The summed E-state index contributed by atoms with van der Waals surface area (Å²) in [4.78, 5) is 25.5. The summed E-state index contributed by atoms with van der Waals surface area (Å²) in [6.45, 7) is -0.0359. The molecular weight excluding hydrogens is 277 g/mol. The lowest BCUT2D eigenvalue weighted by atomic mass is 10.3. The summed E-state index contributed by atoms with van der Waals surface area (Å²) in [5, 5.41) is 2.29. The summed E-state index contributed by atoms with van der Waals surface area (Å²) in [5.74, 6) is -1.37. The van der Waals surface area contributed by atoms with E-state index in [9.17, 15) is 22.8 Å². The number of hydrogen-bond donors (Lipinski definition) is 1. The highest BCUT2D eigenvalue weighted by atomic mass is 19.4. The fraction of sp³-hybridized carbons (Fsp3) is 0.250. The van der Waals surface area contributed by atoms with Gasteiger partial charge in [-0.25, -0.2) is 9.78 Å². The SMILES string of the molecule is COC(=O)/C=C/CNC(=O)c1cccc(C(F)(F)F)n1. The van der Waals surface area contributed by atoms with Crippen LogP contribution in [0.4, 0.5) is 13.2 Å². The molecule has 0 aliphatic heterocycles. The van der Waals surface area contributed by atoms with Gasteiger partial charge in [0.1, 0.15) is 11.4 Å². The molecule has 0 radical (unpaired) electrons. The second kappa shape index (κ2) is 6.69. The molecule has 0 saturated carbocycles. The van der Waals surface area contributed by atoms with Crippen LogP contribution in [0.5, 0.6) is 0 Å². The molecule has 1 aromatic heterocycles. The summed E-state index contributed by atoms with van der Waals surface area (Å²) in [6.07, 6.45) is -2.22. The fourth-order valence-corrected chi connectivity index (χ4v) is 1.18. The quantitative estimate of drug-likeness (QED) is 0.674. The first kappa shape index (κ1) is 15.7. The first-order valence-corrected chi connectivity index (χ1v) is 5.41. The lowest BCUT2D eigenvalue weighted by molar-refractivity contribution is -0.141. The van der Waals surface area contributed by atoms with Gasteiger partial charge >= 0.3 is 12.1 Å². The molecule has 1 heterocycles. The molecule has 0 bridgehead atoms. The maximum atomic E-state index is 12.4. The number of nitrogens with one attached hydrogen (secondary N) is 1. The van der Waals surface area contributed by atoms with Gasteiger partial charge < -0.3 is 10.1 Å². The van der Waals surface area contributed by atoms with Crippen LogP contribution >= 0.6 is 0 Å². The molecule has 0 unspecified atom stereocenters. The molecule has 0 fully saturated rings. The van der Waals surface area contributed by atoms with Gasteiger partial charge in [0.05, 0.1) is 7.11 Å². The Balaban J connectivity index is 2.65. The van der Waals surface area contributed by atoms with Gasteiger partial charge in [0, 0.05) is 12.6 Å². The van der Waals surface area contributed by atoms with Gasteiger partial charge in [0.25, 0.3) is 5.91 Å². The summed E-state index contributed by atoms with van der Waals surface area (Å²) < 4.78 is 41.5. The zero-order valence-electron chi connectivity index (χ0n) is 10.4. The van der Waals surface area contributed by atoms with Crippen molar-refractivity contribution in [3.8, 4) is 0 Å². The van der Waals surface area contributed by atoms with Crippen LogP contribution in [0, 0.1) is 0 Å². The monoisotopic (exact) mass is 288 g/mol. The van der Waals surface area contributed by atoms with Gasteiger partial charge in [0.15, 0.2) is 0 Å². The maximum Gasteiger partial charge on any atom is 0.433 e. The number of rotatable bonds is 4. The third kappa shape index (κ3) is 4.71. The molecule has 1 aromatic rings. The number of pyridine rings is 1. The topological polar surface area (TPSA) is 68.3 Å². The zero-order valence-corrected chi connectivity index (χ0v) is 10.4. The first-order chi connectivity index (χ1) is 9.34. The van der Waals surface area contributed by atoms with Crippen LogP contribution in [0.3, 0.4) is 0 Å². The molecule has 8 heteroatoms. The molecule has 1 N–H and O–H groups in total. The third-order valence-electron chi connectivity index (χ3n) is 2.11. The highest BCUT2D eigenvalue weighted by Gasteiger charge is 2.32. The minimum atomic E-state index is -4.61. The Morgan fingerprint density at radius 1 is 1.40 bits per heavy atom. The average molecular weight is 288 g/mol. The van der Waals surface area contributed by atoms with Crippen LogP contribution in [-0.2, 0) is 15.7 Å². The minimum Gasteiger partial charge on any atom is -0.466 e.